The van der Waals surface area contributed by atoms with Gasteiger partial charge in [-0.3, -0.25) is 9.59 Å². The van der Waals surface area contributed by atoms with Crippen LogP contribution >= 0.6 is 35.7 Å². The van der Waals surface area contributed by atoms with Crippen molar-refractivity contribution in [3.05, 3.63) is 0 Å². The highest BCUT2D eigenvalue weighted by Crippen LogP contribution is 2.23. The fourth-order valence-corrected chi connectivity index (χ4v) is 3.68. The zero-order valence-corrected chi connectivity index (χ0v) is 12.5. The summed E-state index contributed by atoms with van der Waals surface area (Å²) in [5.74, 6) is -0.758. The molecule has 0 radical (unpaired) electrons. The lowest BCUT2D eigenvalue weighted by atomic mass is 10.4. The first kappa shape index (κ1) is 15.5. The molecule has 5 nitrogen and oxygen atoms in total. The number of carbonyl (C=O) groups is 3. The summed E-state index contributed by atoms with van der Waals surface area (Å²) in [6, 6.07) is 0. The molecule has 1 saturated heterocycles. The predicted octanol–water partition coefficient (Wildman–Crippen LogP) is 1.75. The van der Waals surface area contributed by atoms with Crippen molar-refractivity contribution in [2.75, 3.05) is 5.75 Å². The van der Waals surface area contributed by atoms with Gasteiger partial charge in [-0.1, -0.05) is 30.9 Å². The summed E-state index contributed by atoms with van der Waals surface area (Å²) in [5, 5.41) is 0.00725. The monoisotopic (exact) mass is 307 g/mol. The highest BCUT2D eigenvalue weighted by Gasteiger charge is 2.34. The Morgan fingerprint density at radius 1 is 1.44 bits per heavy atom. The molecule has 1 atom stereocenters. The fraction of sp³-hybridized carbons (Fsp3) is 0.600. The molecule has 1 aliphatic rings. The molecule has 1 heterocycles. The van der Waals surface area contributed by atoms with Crippen molar-refractivity contribution in [1.29, 1.82) is 0 Å². The molecule has 0 aromatic rings. The smallest absolute Gasteiger partial charge is 0.329 e. The number of thiocarbonyl (C=S) groups is 1. The molecular weight excluding hydrogens is 294 g/mol. The molecule has 0 saturated carbocycles. The zero-order valence-electron chi connectivity index (χ0n) is 10.0. The Morgan fingerprint density at radius 2 is 2.00 bits per heavy atom. The van der Waals surface area contributed by atoms with E-state index in [0.29, 0.717) is 8.59 Å². The molecule has 1 rings (SSSR count). The molecule has 8 heteroatoms. The Hall–Kier alpha value is -0.600. The largest absolute Gasteiger partial charge is 0.346 e. The van der Waals surface area contributed by atoms with Crippen LogP contribution < -0.4 is 0 Å². The number of amides is 2. The number of imide groups is 1. The van der Waals surface area contributed by atoms with Crippen molar-refractivity contribution in [2.45, 2.75) is 31.9 Å². The van der Waals surface area contributed by atoms with E-state index in [9.17, 15) is 14.4 Å². The molecule has 1 fully saturated rings. The van der Waals surface area contributed by atoms with E-state index < -0.39 is 23.0 Å². The first-order chi connectivity index (χ1) is 8.45. The van der Waals surface area contributed by atoms with Gasteiger partial charge >= 0.3 is 5.97 Å². The number of carbonyl (C=O) groups excluding carboxylic acids is 3. The van der Waals surface area contributed by atoms with Crippen LogP contribution in [0.1, 0.15) is 26.7 Å². The van der Waals surface area contributed by atoms with Crippen LogP contribution in [-0.2, 0) is 19.2 Å². The van der Waals surface area contributed by atoms with Gasteiger partial charge in [0.1, 0.15) is 8.78 Å². The summed E-state index contributed by atoms with van der Waals surface area (Å²) >= 11 is 7.70. The summed E-state index contributed by atoms with van der Waals surface area (Å²) in [7, 11) is 0. The van der Waals surface area contributed by atoms with Gasteiger partial charge in [-0.15, -0.1) is 16.8 Å². The average molecular weight is 307 g/mol. The van der Waals surface area contributed by atoms with Crippen molar-refractivity contribution < 1.29 is 19.2 Å². The quantitative estimate of drug-likeness (QED) is 0.579. The van der Waals surface area contributed by atoms with Crippen LogP contribution in [0.3, 0.4) is 0 Å². The second kappa shape index (κ2) is 7.10. The third kappa shape index (κ3) is 4.25. The van der Waals surface area contributed by atoms with E-state index in [0.717, 1.165) is 5.75 Å². The third-order valence-electron chi connectivity index (χ3n) is 2.05. The lowest BCUT2D eigenvalue weighted by molar-refractivity contribution is -0.196. The SMILES string of the molecule is CCSC(=S)SC(C)C(=O)ON1C(=O)CCC1=O. The van der Waals surface area contributed by atoms with Gasteiger partial charge in [-0.2, -0.15) is 0 Å². The van der Waals surface area contributed by atoms with Crippen molar-refractivity contribution >= 4 is 57.1 Å². The third-order valence-corrected chi connectivity index (χ3v) is 4.60. The zero-order chi connectivity index (χ0) is 13.7. The lowest BCUT2D eigenvalue weighted by Crippen LogP contribution is -2.35. The summed E-state index contributed by atoms with van der Waals surface area (Å²) in [4.78, 5) is 39.0. The average Bonchev–Trinajstić information content (AvgIpc) is 2.60. The van der Waals surface area contributed by atoms with Crippen molar-refractivity contribution in [2.24, 2.45) is 0 Å². The molecule has 0 aromatic carbocycles. The number of hydrogen-bond donors (Lipinski definition) is 0. The Morgan fingerprint density at radius 3 is 2.50 bits per heavy atom. The minimum Gasteiger partial charge on any atom is -0.329 e. The molecule has 100 valence electrons. The minimum absolute atomic E-state index is 0.0950. The van der Waals surface area contributed by atoms with E-state index in [-0.39, 0.29) is 12.8 Å². The fourth-order valence-electron chi connectivity index (χ4n) is 1.17. The van der Waals surface area contributed by atoms with Gasteiger partial charge in [-0.25, -0.2) is 4.79 Å². The summed E-state index contributed by atoms with van der Waals surface area (Å²) in [6.07, 6.45) is 0.190. The maximum atomic E-state index is 11.7. The van der Waals surface area contributed by atoms with E-state index in [2.05, 4.69) is 0 Å². The normalized spacial score (nSPS) is 16.9. The van der Waals surface area contributed by atoms with Crippen LogP contribution in [0.15, 0.2) is 0 Å². The first-order valence-corrected chi connectivity index (χ1v) is 7.64. The van der Waals surface area contributed by atoms with Crippen LogP contribution in [0, 0.1) is 0 Å². The number of hydrogen-bond acceptors (Lipinski definition) is 7. The second-order valence-electron chi connectivity index (χ2n) is 3.44. The molecular formula is C10H13NO4S3. The Labute approximate surface area is 119 Å². The topological polar surface area (TPSA) is 63.7 Å². The van der Waals surface area contributed by atoms with Crippen LogP contribution in [0.2, 0.25) is 0 Å². The lowest BCUT2D eigenvalue weighted by Gasteiger charge is -2.15. The number of nitrogens with zero attached hydrogens (tertiary/aromatic N) is 1. The molecule has 0 spiro atoms. The highest BCUT2D eigenvalue weighted by molar-refractivity contribution is 8.47. The van der Waals surface area contributed by atoms with Crippen LogP contribution in [0.25, 0.3) is 0 Å². The van der Waals surface area contributed by atoms with Crippen LogP contribution in [0.4, 0.5) is 0 Å². The van der Waals surface area contributed by atoms with E-state index in [1.54, 1.807) is 6.92 Å². The van der Waals surface area contributed by atoms with Crippen molar-refractivity contribution in [3.63, 3.8) is 0 Å². The van der Waals surface area contributed by atoms with E-state index >= 15 is 0 Å². The van der Waals surface area contributed by atoms with Crippen LogP contribution in [-0.4, -0.2) is 37.4 Å². The first-order valence-electron chi connectivity index (χ1n) is 5.36. The molecule has 1 unspecified atom stereocenters. The van der Waals surface area contributed by atoms with Gasteiger partial charge < -0.3 is 4.84 Å². The molecule has 2 amide bonds. The van der Waals surface area contributed by atoms with Gasteiger partial charge in [0.05, 0.1) is 0 Å². The van der Waals surface area contributed by atoms with Crippen molar-refractivity contribution in [3.8, 4) is 0 Å². The highest BCUT2D eigenvalue weighted by atomic mass is 32.2. The van der Waals surface area contributed by atoms with Gasteiger partial charge in [0, 0.05) is 12.8 Å². The Kier molecular flexibility index (Phi) is 6.10. The van der Waals surface area contributed by atoms with Gasteiger partial charge in [0.25, 0.3) is 11.8 Å². The van der Waals surface area contributed by atoms with Crippen molar-refractivity contribution in [1.82, 2.24) is 5.06 Å². The number of hydroxylamine groups is 2. The standard InChI is InChI=1S/C10H13NO4S3/c1-3-17-10(16)18-6(2)9(14)15-11-7(12)4-5-8(11)13/h6H,3-5H2,1-2H3. The maximum absolute atomic E-state index is 11.7. The molecule has 0 aliphatic carbocycles. The molecule has 1 aliphatic heterocycles. The Bertz CT molecular complexity index is 369. The molecule has 0 bridgehead atoms. The van der Waals surface area contributed by atoms with Crippen LogP contribution in [0.5, 0.6) is 0 Å². The molecule has 0 N–H and O–H groups in total. The summed E-state index contributed by atoms with van der Waals surface area (Å²) in [6.45, 7) is 3.59. The van der Waals surface area contributed by atoms with E-state index in [1.807, 2.05) is 6.92 Å². The van der Waals surface area contributed by atoms with E-state index in [4.69, 9.17) is 17.1 Å². The number of thioether (sulfide) groups is 2. The summed E-state index contributed by atoms with van der Waals surface area (Å²) in [5.41, 5.74) is 0. The maximum Gasteiger partial charge on any atom is 0.346 e. The minimum atomic E-state index is -0.636. The van der Waals surface area contributed by atoms with Gasteiger partial charge in [0.2, 0.25) is 0 Å². The second-order valence-corrected chi connectivity index (χ2v) is 7.24. The molecule has 0 aromatic heterocycles. The summed E-state index contributed by atoms with van der Waals surface area (Å²) < 4.78 is 0.640. The Balaban J connectivity index is 2.47. The molecule has 18 heavy (non-hydrogen) atoms. The van der Waals surface area contributed by atoms with Gasteiger partial charge in [0.15, 0.2) is 0 Å². The van der Waals surface area contributed by atoms with Gasteiger partial charge in [-0.05, 0) is 12.7 Å². The van der Waals surface area contributed by atoms with E-state index in [1.165, 1.54) is 23.5 Å². The number of rotatable bonds is 4. The predicted molar refractivity (Wildman–Crippen MR) is 75.0 cm³/mol.